The van der Waals surface area contributed by atoms with Crippen LogP contribution < -0.4 is 0 Å². The van der Waals surface area contributed by atoms with Crippen LogP contribution in [0.4, 0.5) is 0 Å². The van der Waals surface area contributed by atoms with Crippen molar-refractivity contribution >= 4 is 5.97 Å². The first-order valence-corrected chi connectivity index (χ1v) is 3.65. The van der Waals surface area contributed by atoms with Gasteiger partial charge in [-0.15, -0.1) is 0 Å². The Morgan fingerprint density at radius 3 is 2.90 bits per heavy atom. The zero-order valence-corrected chi connectivity index (χ0v) is 6.13. The van der Waals surface area contributed by atoms with Crippen molar-refractivity contribution in [2.75, 3.05) is 0 Å². The highest BCUT2D eigenvalue weighted by atomic mass is 16.4. The van der Waals surface area contributed by atoms with Gasteiger partial charge in [-0.25, -0.2) is 4.79 Å². The molecule has 0 saturated carbocycles. The van der Waals surface area contributed by atoms with Gasteiger partial charge in [-0.05, 0) is 25.2 Å². The molecule has 0 aromatic rings. The van der Waals surface area contributed by atoms with E-state index in [4.69, 9.17) is 5.11 Å². The predicted molar refractivity (Wildman–Crippen MR) is 38.7 cm³/mol. The number of hydrogen-bond acceptors (Lipinski definition) is 1. The minimum absolute atomic E-state index is 0.256. The van der Waals surface area contributed by atoms with E-state index in [-0.39, 0.29) is 5.92 Å². The molecule has 0 aromatic heterocycles. The monoisotopic (exact) mass is 140 g/mol. The maximum Gasteiger partial charge on any atom is 0.331 e. The van der Waals surface area contributed by atoms with Crippen LogP contribution in [0.3, 0.4) is 0 Å². The molecule has 0 aromatic carbocycles. The number of carboxylic acids is 1. The number of carbonyl (C=O) groups is 1. The van der Waals surface area contributed by atoms with E-state index < -0.39 is 5.97 Å². The molecule has 1 rings (SSSR count). The van der Waals surface area contributed by atoms with E-state index >= 15 is 0 Å². The van der Waals surface area contributed by atoms with Crippen LogP contribution in [0.15, 0.2) is 11.6 Å². The minimum Gasteiger partial charge on any atom is -0.478 e. The number of rotatable bonds is 1. The highest BCUT2D eigenvalue weighted by molar-refractivity contribution is 5.87. The topological polar surface area (TPSA) is 37.3 Å². The summed E-state index contributed by atoms with van der Waals surface area (Å²) >= 11 is 0. The third kappa shape index (κ3) is 1.38. The van der Waals surface area contributed by atoms with Gasteiger partial charge in [0.25, 0.3) is 0 Å². The van der Waals surface area contributed by atoms with Gasteiger partial charge in [-0.3, -0.25) is 0 Å². The van der Waals surface area contributed by atoms with E-state index in [9.17, 15) is 4.79 Å². The Labute approximate surface area is 60.6 Å². The van der Waals surface area contributed by atoms with Crippen molar-refractivity contribution in [2.45, 2.75) is 26.2 Å². The first-order valence-electron chi connectivity index (χ1n) is 3.65. The van der Waals surface area contributed by atoms with Crippen molar-refractivity contribution < 1.29 is 9.90 Å². The van der Waals surface area contributed by atoms with Gasteiger partial charge in [-0.2, -0.15) is 0 Å². The molecule has 0 spiro atoms. The molecule has 1 aliphatic rings. The average molecular weight is 140 g/mol. The fourth-order valence-electron chi connectivity index (χ4n) is 1.34. The Morgan fingerprint density at radius 1 is 1.80 bits per heavy atom. The molecule has 56 valence electrons. The van der Waals surface area contributed by atoms with Crippen molar-refractivity contribution in [3.05, 3.63) is 11.6 Å². The van der Waals surface area contributed by atoms with Crippen molar-refractivity contribution in [1.82, 2.24) is 0 Å². The van der Waals surface area contributed by atoms with Crippen LogP contribution in [0.25, 0.3) is 0 Å². The first-order chi connectivity index (χ1) is 4.72. The minimum atomic E-state index is -0.743. The van der Waals surface area contributed by atoms with Gasteiger partial charge in [0.2, 0.25) is 0 Å². The Balaban J connectivity index is 2.71. The fraction of sp³-hybridized carbons (Fsp3) is 0.625. The molecule has 1 aliphatic carbocycles. The van der Waals surface area contributed by atoms with Gasteiger partial charge in [-0.1, -0.05) is 13.0 Å². The molecule has 0 radical (unpaired) electrons. The number of carboxylic acid groups (broad SMARTS) is 1. The lowest BCUT2D eigenvalue weighted by Gasteiger charge is -2.16. The van der Waals surface area contributed by atoms with Gasteiger partial charge in [0.1, 0.15) is 0 Å². The Bertz CT molecular complexity index is 170. The summed E-state index contributed by atoms with van der Waals surface area (Å²) in [6, 6.07) is 0. The summed E-state index contributed by atoms with van der Waals surface area (Å²) in [5.41, 5.74) is 0.603. The third-order valence-electron chi connectivity index (χ3n) is 1.98. The van der Waals surface area contributed by atoms with Gasteiger partial charge in [0.15, 0.2) is 0 Å². The quantitative estimate of drug-likeness (QED) is 0.603. The summed E-state index contributed by atoms with van der Waals surface area (Å²) in [7, 11) is 0. The summed E-state index contributed by atoms with van der Waals surface area (Å²) in [6.07, 6.45) is 4.94. The molecule has 0 aliphatic heterocycles. The van der Waals surface area contributed by atoms with Crippen molar-refractivity contribution in [2.24, 2.45) is 5.92 Å². The summed E-state index contributed by atoms with van der Waals surface area (Å²) in [6.45, 7) is 1.97. The van der Waals surface area contributed by atoms with Gasteiger partial charge >= 0.3 is 5.97 Å². The highest BCUT2D eigenvalue weighted by Gasteiger charge is 2.17. The fourth-order valence-corrected chi connectivity index (χ4v) is 1.34. The molecule has 0 amide bonds. The van der Waals surface area contributed by atoms with Crippen molar-refractivity contribution in [1.29, 1.82) is 0 Å². The number of allylic oxidation sites excluding steroid dienone is 1. The van der Waals surface area contributed by atoms with Gasteiger partial charge < -0.3 is 5.11 Å². The largest absolute Gasteiger partial charge is 0.478 e. The molecule has 2 heteroatoms. The molecule has 0 fully saturated rings. The predicted octanol–water partition coefficient (Wildman–Crippen LogP) is 1.82. The molecule has 10 heavy (non-hydrogen) atoms. The van der Waals surface area contributed by atoms with Crippen LogP contribution in [-0.4, -0.2) is 11.1 Å². The smallest absolute Gasteiger partial charge is 0.331 e. The standard InChI is InChI=1S/C8H12O2/c1-6-4-2-3-5-7(6)8(9)10/h5-6H,2-4H2,1H3,(H,9,10)/t6-/m1/s1. The maximum absolute atomic E-state index is 10.5. The number of aliphatic carboxylic acids is 1. The Morgan fingerprint density at radius 2 is 2.50 bits per heavy atom. The van der Waals surface area contributed by atoms with Gasteiger partial charge in [0, 0.05) is 5.57 Å². The van der Waals surface area contributed by atoms with Crippen LogP contribution in [-0.2, 0) is 4.79 Å². The van der Waals surface area contributed by atoms with Crippen LogP contribution in [0.5, 0.6) is 0 Å². The van der Waals surface area contributed by atoms with Crippen LogP contribution in [0.2, 0.25) is 0 Å². The van der Waals surface area contributed by atoms with Crippen LogP contribution in [0, 0.1) is 5.92 Å². The molecular formula is C8H12O2. The van der Waals surface area contributed by atoms with E-state index in [2.05, 4.69) is 0 Å². The van der Waals surface area contributed by atoms with Crippen molar-refractivity contribution in [3.63, 3.8) is 0 Å². The average Bonchev–Trinajstić information content (AvgIpc) is 1.88. The molecule has 1 atom stereocenters. The van der Waals surface area contributed by atoms with E-state index in [1.807, 2.05) is 13.0 Å². The molecule has 0 bridgehead atoms. The van der Waals surface area contributed by atoms with E-state index in [1.165, 1.54) is 0 Å². The molecule has 1 N–H and O–H groups in total. The molecular weight excluding hydrogens is 128 g/mol. The summed E-state index contributed by atoms with van der Waals surface area (Å²) in [4.78, 5) is 10.5. The lowest BCUT2D eigenvalue weighted by molar-refractivity contribution is -0.133. The van der Waals surface area contributed by atoms with E-state index in [0.29, 0.717) is 5.57 Å². The summed E-state index contributed by atoms with van der Waals surface area (Å²) < 4.78 is 0. The molecule has 2 nitrogen and oxygen atoms in total. The highest BCUT2D eigenvalue weighted by Crippen LogP contribution is 2.23. The van der Waals surface area contributed by atoms with E-state index in [0.717, 1.165) is 19.3 Å². The Kier molecular flexibility index (Phi) is 2.10. The summed E-state index contributed by atoms with van der Waals surface area (Å²) in [5, 5.41) is 8.64. The SMILES string of the molecule is C[C@@H]1CCCC=C1C(=O)O. The maximum atomic E-state index is 10.5. The Hall–Kier alpha value is -0.790. The van der Waals surface area contributed by atoms with Crippen LogP contribution >= 0.6 is 0 Å². The van der Waals surface area contributed by atoms with Crippen LogP contribution in [0.1, 0.15) is 26.2 Å². The zero-order chi connectivity index (χ0) is 7.56. The lowest BCUT2D eigenvalue weighted by atomic mass is 9.89. The van der Waals surface area contributed by atoms with Gasteiger partial charge in [0.05, 0.1) is 0 Å². The molecule has 0 saturated heterocycles. The second-order valence-corrected chi connectivity index (χ2v) is 2.80. The number of hydrogen-bond donors (Lipinski definition) is 1. The third-order valence-corrected chi connectivity index (χ3v) is 1.98. The lowest BCUT2D eigenvalue weighted by Crippen LogP contribution is -2.12. The zero-order valence-electron chi connectivity index (χ0n) is 6.13. The second-order valence-electron chi connectivity index (χ2n) is 2.80. The normalized spacial score (nSPS) is 25.7. The van der Waals surface area contributed by atoms with E-state index in [1.54, 1.807) is 0 Å². The summed E-state index contributed by atoms with van der Waals surface area (Å²) in [5.74, 6) is -0.488. The molecule has 0 heterocycles. The van der Waals surface area contributed by atoms with Crippen molar-refractivity contribution in [3.8, 4) is 0 Å². The first kappa shape index (κ1) is 7.32. The molecule has 0 unspecified atom stereocenters. The second kappa shape index (κ2) is 2.86.